The summed E-state index contributed by atoms with van der Waals surface area (Å²) in [6, 6.07) is 15.6. The van der Waals surface area contributed by atoms with E-state index < -0.39 is 0 Å². The average molecular weight is 355 g/mol. The number of aryl methyl sites for hydroxylation is 1. The lowest BCUT2D eigenvalue weighted by Gasteiger charge is -2.09. The molecule has 0 saturated heterocycles. The summed E-state index contributed by atoms with van der Waals surface area (Å²) in [5.41, 5.74) is 1.94. The Balaban J connectivity index is 1.67. The highest BCUT2D eigenvalue weighted by Gasteiger charge is 2.12. The zero-order valence-electron chi connectivity index (χ0n) is 14.4. The van der Waals surface area contributed by atoms with Crippen LogP contribution >= 0.6 is 11.8 Å². The predicted octanol–water partition coefficient (Wildman–Crippen LogP) is 4.19. The van der Waals surface area contributed by atoms with Gasteiger partial charge in [-0.1, -0.05) is 19.1 Å². The molecular formula is C19H21N3O2S. The number of benzene rings is 2. The Morgan fingerprint density at radius 2 is 1.96 bits per heavy atom. The van der Waals surface area contributed by atoms with E-state index in [9.17, 15) is 4.79 Å². The maximum absolute atomic E-state index is 12.3. The lowest BCUT2D eigenvalue weighted by atomic mass is 10.3. The molecule has 1 N–H and O–H groups in total. The number of para-hydroxylation sites is 2. The van der Waals surface area contributed by atoms with E-state index in [1.54, 1.807) is 7.11 Å². The van der Waals surface area contributed by atoms with Gasteiger partial charge in [-0.25, -0.2) is 4.98 Å². The standard InChI is InChI=1S/C19H21N3O2S/c1-3-12-22-17-7-5-4-6-16(17)20-19(22)21-18(23)13-25-15-10-8-14(24-2)9-11-15/h4-11H,3,12-13H2,1-2H3,(H,20,21,23). The monoisotopic (exact) mass is 355 g/mol. The summed E-state index contributed by atoms with van der Waals surface area (Å²) in [5.74, 6) is 1.70. The molecule has 0 saturated carbocycles. The Morgan fingerprint density at radius 3 is 2.68 bits per heavy atom. The third-order valence-corrected chi connectivity index (χ3v) is 4.79. The number of carbonyl (C=O) groups excluding carboxylic acids is 1. The summed E-state index contributed by atoms with van der Waals surface area (Å²) < 4.78 is 7.20. The van der Waals surface area contributed by atoms with Crippen LogP contribution in [0.15, 0.2) is 53.4 Å². The summed E-state index contributed by atoms with van der Waals surface area (Å²) in [6.45, 7) is 2.93. The molecule has 3 aromatic rings. The van der Waals surface area contributed by atoms with Crippen molar-refractivity contribution < 1.29 is 9.53 Å². The molecule has 0 spiro atoms. The Hall–Kier alpha value is -2.47. The van der Waals surface area contributed by atoms with E-state index in [4.69, 9.17) is 4.74 Å². The predicted molar refractivity (Wildman–Crippen MR) is 102 cm³/mol. The number of amides is 1. The van der Waals surface area contributed by atoms with Crippen molar-refractivity contribution in [3.63, 3.8) is 0 Å². The summed E-state index contributed by atoms with van der Waals surface area (Å²) in [7, 11) is 1.64. The van der Waals surface area contributed by atoms with Crippen LogP contribution in [0.2, 0.25) is 0 Å². The van der Waals surface area contributed by atoms with Gasteiger partial charge in [-0.2, -0.15) is 0 Å². The number of nitrogens with one attached hydrogen (secondary N) is 1. The van der Waals surface area contributed by atoms with Gasteiger partial charge in [-0.15, -0.1) is 11.8 Å². The van der Waals surface area contributed by atoms with Gasteiger partial charge >= 0.3 is 0 Å². The molecular weight excluding hydrogens is 334 g/mol. The van der Waals surface area contributed by atoms with Crippen molar-refractivity contribution in [1.29, 1.82) is 0 Å². The van der Waals surface area contributed by atoms with Gasteiger partial charge in [0.15, 0.2) is 0 Å². The van der Waals surface area contributed by atoms with E-state index in [2.05, 4.69) is 21.8 Å². The molecule has 0 aliphatic rings. The van der Waals surface area contributed by atoms with E-state index in [1.807, 2.05) is 48.5 Å². The maximum Gasteiger partial charge on any atom is 0.237 e. The van der Waals surface area contributed by atoms with Crippen LogP contribution in [-0.2, 0) is 11.3 Å². The lowest BCUT2D eigenvalue weighted by Crippen LogP contribution is -2.17. The van der Waals surface area contributed by atoms with Crippen LogP contribution in [0.5, 0.6) is 5.75 Å². The SMILES string of the molecule is CCCn1c(NC(=O)CSc2ccc(OC)cc2)nc2ccccc21. The highest BCUT2D eigenvalue weighted by molar-refractivity contribution is 8.00. The first-order valence-corrected chi connectivity index (χ1v) is 9.21. The Labute approximate surface area is 151 Å². The third kappa shape index (κ3) is 4.14. The molecule has 6 heteroatoms. The molecule has 1 amide bonds. The first-order valence-electron chi connectivity index (χ1n) is 8.23. The van der Waals surface area contributed by atoms with Crippen molar-refractivity contribution >= 4 is 34.7 Å². The molecule has 0 atom stereocenters. The molecule has 2 aromatic carbocycles. The molecule has 0 unspecified atom stereocenters. The fourth-order valence-corrected chi connectivity index (χ4v) is 3.30. The fraction of sp³-hybridized carbons (Fsp3) is 0.263. The molecule has 5 nitrogen and oxygen atoms in total. The summed E-state index contributed by atoms with van der Waals surface area (Å²) in [6.07, 6.45) is 0.976. The minimum atomic E-state index is -0.0616. The summed E-state index contributed by atoms with van der Waals surface area (Å²) in [4.78, 5) is 17.9. The quantitative estimate of drug-likeness (QED) is 0.646. The fourth-order valence-electron chi connectivity index (χ4n) is 2.60. The second-order valence-corrected chi connectivity index (χ2v) is 6.64. The van der Waals surface area contributed by atoms with Crippen molar-refractivity contribution in [2.45, 2.75) is 24.8 Å². The van der Waals surface area contributed by atoms with Gasteiger partial charge < -0.3 is 9.30 Å². The molecule has 3 rings (SSSR count). The molecule has 0 aliphatic carbocycles. The van der Waals surface area contributed by atoms with Crippen LogP contribution in [0.1, 0.15) is 13.3 Å². The smallest absolute Gasteiger partial charge is 0.237 e. The summed E-state index contributed by atoms with van der Waals surface area (Å²) in [5, 5.41) is 2.94. The van der Waals surface area contributed by atoms with Crippen LogP contribution < -0.4 is 10.1 Å². The third-order valence-electron chi connectivity index (χ3n) is 3.78. The molecule has 1 heterocycles. The van der Waals surface area contributed by atoms with Crippen molar-refractivity contribution in [2.24, 2.45) is 0 Å². The lowest BCUT2D eigenvalue weighted by molar-refractivity contribution is -0.113. The average Bonchev–Trinajstić information content (AvgIpc) is 2.98. The number of imidazole rings is 1. The van der Waals surface area contributed by atoms with E-state index >= 15 is 0 Å². The topological polar surface area (TPSA) is 56.2 Å². The molecule has 0 bridgehead atoms. The number of carbonyl (C=O) groups is 1. The van der Waals surface area contributed by atoms with Crippen molar-refractivity contribution in [3.05, 3.63) is 48.5 Å². The van der Waals surface area contributed by atoms with Gasteiger partial charge in [-0.05, 0) is 42.8 Å². The number of rotatable bonds is 7. The number of hydrogen-bond acceptors (Lipinski definition) is 4. The van der Waals surface area contributed by atoms with Crippen molar-refractivity contribution in [2.75, 3.05) is 18.2 Å². The number of fused-ring (bicyclic) bond motifs is 1. The molecule has 1 aromatic heterocycles. The number of hydrogen-bond donors (Lipinski definition) is 1. The van der Waals surface area contributed by atoms with Crippen LogP contribution in [0, 0.1) is 0 Å². The first kappa shape index (κ1) is 17.4. The highest BCUT2D eigenvalue weighted by atomic mass is 32.2. The second-order valence-electron chi connectivity index (χ2n) is 5.59. The summed E-state index contributed by atoms with van der Waals surface area (Å²) >= 11 is 1.49. The van der Waals surface area contributed by atoms with Crippen molar-refractivity contribution in [1.82, 2.24) is 9.55 Å². The zero-order chi connectivity index (χ0) is 17.6. The molecule has 0 aliphatic heterocycles. The largest absolute Gasteiger partial charge is 0.497 e. The van der Waals surface area contributed by atoms with Gasteiger partial charge in [0.1, 0.15) is 5.75 Å². The number of methoxy groups -OCH3 is 1. The Morgan fingerprint density at radius 1 is 1.20 bits per heavy atom. The van der Waals surface area contributed by atoms with E-state index in [1.165, 1.54) is 11.8 Å². The molecule has 0 fully saturated rings. The number of thioether (sulfide) groups is 1. The van der Waals surface area contributed by atoms with Gasteiger partial charge in [-0.3, -0.25) is 10.1 Å². The second kappa shape index (κ2) is 8.07. The van der Waals surface area contributed by atoms with Crippen LogP contribution in [-0.4, -0.2) is 28.3 Å². The zero-order valence-corrected chi connectivity index (χ0v) is 15.2. The molecule has 130 valence electrons. The Bertz CT molecular complexity index is 859. The van der Waals surface area contributed by atoms with Gasteiger partial charge in [0, 0.05) is 11.4 Å². The van der Waals surface area contributed by atoms with Gasteiger partial charge in [0.2, 0.25) is 11.9 Å². The number of nitrogens with zero attached hydrogens (tertiary/aromatic N) is 2. The van der Waals surface area contributed by atoms with Gasteiger partial charge in [0.05, 0.1) is 23.9 Å². The normalized spacial score (nSPS) is 10.8. The minimum Gasteiger partial charge on any atom is -0.497 e. The Kier molecular flexibility index (Phi) is 5.60. The van der Waals surface area contributed by atoms with Gasteiger partial charge in [0.25, 0.3) is 0 Å². The highest BCUT2D eigenvalue weighted by Crippen LogP contribution is 2.23. The van der Waals surface area contributed by atoms with E-state index in [0.29, 0.717) is 11.7 Å². The maximum atomic E-state index is 12.3. The molecule has 0 radical (unpaired) electrons. The van der Waals surface area contributed by atoms with Crippen molar-refractivity contribution in [3.8, 4) is 5.75 Å². The molecule has 25 heavy (non-hydrogen) atoms. The number of aromatic nitrogens is 2. The van der Waals surface area contributed by atoms with Crippen LogP contribution in [0.25, 0.3) is 11.0 Å². The van der Waals surface area contributed by atoms with E-state index in [0.717, 1.165) is 34.6 Å². The van der Waals surface area contributed by atoms with Crippen LogP contribution in [0.3, 0.4) is 0 Å². The number of anilines is 1. The van der Waals surface area contributed by atoms with E-state index in [-0.39, 0.29) is 5.91 Å². The first-order chi connectivity index (χ1) is 12.2. The number of ether oxygens (including phenoxy) is 1. The minimum absolute atomic E-state index is 0.0616. The van der Waals surface area contributed by atoms with Crippen LogP contribution in [0.4, 0.5) is 5.95 Å².